The number of carbonyl (C=O) groups excluding carboxylic acids is 1. The van der Waals surface area contributed by atoms with E-state index < -0.39 is 12.0 Å². The van der Waals surface area contributed by atoms with Gasteiger partial charge in [-0.05, 0) is 6.42 Å². The lowest BCUT2D eigenvalue weighted by Gasteiger charge is -2.15. The van der Waals surface area contributed by atoms with E-state index in [1.807, 2.05) is 0 Å². The summed E-state index contributed by atoms with van der Waals surface area (Å²) >= 11 is 0. The SMILES string of the molecule is CCCCCC[C@@H](NC(=O)C(C)C)C(=O)O. The van der Waals surface area contributed by atoms with Crippen molar-refractivity contribution in [3.05, 3.63) is 0 Å². The third kappa shape index (κ3) is 6.43. The zero-order valence-corrected chi connectivity index (χ0v) is 10.5. The Balaban J connectivity index is 3.98. The lowest BCUT2D eigenvalue weighted by Crippen LogP contribution is -2.42. The number of hydrogen-bond acceptors (Lipinski definition) is 2. The van der Waals surface area contributed by atoms with Gasteiger partial charge in [-0.2, -0.15) is 0 Å². The molecule has 1 amide bonds. The predicted octanol–water partition coefficient (Wildman–Crippen LogP) is 2.18. The summed E-state index contributed by atoms with van der Waals surface area (Å²) in [5.41, 5.74) is 0. The molecule has 0 unspecified atom stereocenters. The summed E-state index contributed by atoms with van der Waals surface area (Å²) in [5.74, 6) is -1.30. The van der Waals surface area contributed by atoms with E-state index >= 15 is 0 Å². The normalized spacial score (nSPS) is 12.5. The molecule has 0 aliphatic heterocycles. The van der Waals surface area contributed by atoms with Crippen molar-refractivity contribution in [3.8, 4) is 0 Å². The second-order valence-electron chi connectivity index (χ2n) is 4.40. The largest absolute Gasteiger partial charge is 0.480 e. The van der Waals surface area contributed by atoms with Crippen LogP contribution in [0.25, 0.3) is 0 Å². The predicted molar refractivity (Wildman–Crippen MR) is 63.2 cm³/mol. The summed E-state index contributed by atoms with van der Waals surface area (Å²) < 4.78 is 0. The fourth-order valence-electron chi connectivity index (χ4n) is 1.37. The van der Waals surface area contributed by atoms with E-state index in [0.717, 1.165) is 25.7 Å². The van der Waals surface area contributed by atoms with Crippen molar-refractivity contribution in [2.45, 2.75) is 58.9 Å². The topological polar surface area (TPSA) is 66.4 Å². The van der Waals surface area contributed by atoms with E-state index in [4.69, 9.17) is 5.11 Å². The van der Waals surface area contributed by atoms with E-state index in [1.54, 1.807) is 13.8 Å². The van der Waals surface area contributed by atoms with Crippen molar-refractivity contribution < 1.29 is 14.7 Å². The molecule has 1 atom stereocenters. The number of carboxylic acid groups (broad SMARTS) is 1. The second kappa shape index (κ2) is 8.13. The Morgan fingerprint density at radius 1 is 1.19 bits per heavy atom. The number of amides is 1. The quantitative estimate of drug-likeness (QED) is 0.627. The molecule has 4 nitrogen and oxygen atoms in total. The van der Waals surface area contributed by atoms with Crippen LogP contribution in [0.2, 0.25) is 0 Å². The summed E-state index contributed by atoms with van der Waals surface area (Å²) in [6.07, 6.45) is 4.63. The van der Waals surface area contributed by atoms with Crippen LogP contribution in [-0.2, 0) is 9.59 Å². The van der Waals surface area contributed by atoms with Crippen molar-refractivity contribution in [1.29, 1.82) is 0 Å². The van der Waals surface area contributed by atoms with Gasteiger partial charge in [-0.1, -0.05) is 46.5 Å². The molecule has 0 aromatic rings. The summed E-state index contributed by atoms with van der Waals surface area (Å²) in [7, 11) is 0. The molecule has 4 heteroatoms. The number of nitrogens with one attached hydrogen (secondary N) is 1. The molecule has 0 radical (unpaired) electrons. The monoisotopic (exact) mass is 229 g/mol. The third-order valence-corrected chi connectivity index (χ3v) is 2.49. The van der Waals surface area contributed by atoms with Crippen LogP contribution in [0.4, 0.5) is 0 Å². The highest BCUT2D eigenvalue weighted by atomic mass is 16.4. The van der Waals surface area contributed by atoms with Gasteiger partial charge in [-0.3, -0.25) is 4.79 Å². The van der Waals surface area contributed by atoms with Gasteiger partial charge >= 0.3 is 5.97 Å². The van der Waals surface area contributed by atoms with Gasteiger partial charge in [-0.15, -0.1) is 0 Å². The molecule has 0 spiro atoms. The van der Waals surface area contributed by atoms with Crippen LogP contribution >= 0.6 is 0 Å². The first kappa shape index (κ1) is 14.9. The maximum Gasteiger partial charge on any atom is 0.326 e. The first-order valence-electron chi connectivity index (χ1n) is 6.02. The Morgan fingerprint density at radius 2 is 1.81 bits per heavy atom. The van der Waals surface area contributed by atoms with Gasteiger partial charge in [0, 0.05) is 5.92 Å². The molecule has 0 aliphatic rings. The average molecular weight is 229 g/mol. The van der Waals surface area contributed by atoms with Crippen LogP contribution in [0.15, 0.2) is 0 Å². The van der Waals surface area contributed by atoms with Crippen LogP contribution in [0, 0.1) is 5.92 Å². The van der Waals surface area contributed by atoms with Crippen molar-refractivity contribution in [3.63, 3.8) is 0 Å². The summed E-state index contributed by atoms with van der Waals surface area (Å²) in [5, 5.41) is 11.5. The first-order valence-corrected chi connectivity index (χ1v) is 6.02. The minimum Gasteiger partial charge on any atom is -0.480 e. The van der Waals surface area contributed by atoms with Gasteiger partial charge in [0.25, 0.3) is 0 Å². The third-order valence-electron chi connectivity index (χ3n) is 2.49. The minimum atomic E-state index is -0.939. The molecule has 0 bridgehead atoms. The van der Waals surface area contributed by atoms with Gasteiger partial charge in [0.2, 0.25) is 5.91 Å². The molecule has 0 saturated heterocycles. The summed E-state index contributed by atoms with van der Waals surface area (Å²) in [6.45, 7) is 5.62. The first-order chi connectivity index (χ1) is 7.49. The Bertz CT molecular complexity index is 226. The van der Waals surface area contributed by atoms with Crippen LogP contribution in [0.3, 0.4) is 0 Å². The van der Waals surface area contributed by atoms with E-state index in [2.05, 4.69) is 12.2 Å². The van der Waals surface area contributed by atoms with Crippen molar-refractivity contribution >= 4 is 11.9 Å². The zero-order valence-electron chi connectivity index (χ0n) is 10.5. The van der Waals surface area contributed by atoms with Crippen molar-refractivity contribution in [2.24, 2.45) is 5.92 Å². The molecule has 0 heterocycles. The fraction of sp³-hybridized carbons (Fsp3) is 0.833. The van der Waals surface area contributed by atoms with Crippen LogP contribution < -0.4 is 5.32 Å². The highest BCUT2D eigenvalue weighted by Crippen LogP contribution is 2.06. The van der Waals surface area contributed by atoms with E-state index in [1.165, 1.54) is 0 Å². The van der Waals surface area contributed by atoms with Crippen LogP contribution in [0.1, 0.15) is 52.9 Å². The fourth-order valence-corrected chi connectivity index (χ4v) is 1.37. The number of aliphatic carboxylic acids is 1. The number of unbranched alkanes of at least 4 members (excludes halogenated alkanes) is 3. The molecular formula is C12H23NO3. The number of carbonyl (C=O) groups is 2. The molecule has 16 heavy (non-hydrogen) atoms. The average Bonchev–Trinajstić information content (AvgIpc) is 2.21. The van der Waals surface area contributed by atoms with Crippen molar-refractivity contribution in [2.75, 3.05) is 0 Å². The maximum atomic E-state index is 11.4. The van der Waals surface area contributed by atoms with E-state index in [0.29, 0.717) is 6.42 Å². The Labute approximate surface area is 97.4 Å². The standard InChI is InChI=1S/C12H23NO3/c1-4-5-6-7-8-10(12(15)16)13-11(14)9(2)3/h9-10H,4-8H2,1-3H3,(H,13,14)(H,15,16)/t10-/m1/s1. The highest BCUT2D eigenvalue weighted by molar-refractivity contribution is 5.84. The van der Waals surface area contributed by atoms with Gasteiger partial charge in [0.05, 0.1) is 0 Å². The highest BCUT2D eigenvalue weighted by Gasteiger charge is 2.20. The number of hydrogen-bond donors (Lipinski definition) is 2. The molecule has 0 rings (SSSR count). The van der Waals surface area contributed by atoms with Gasteiger partial charge in [0.15, 0.2) is 0 Å². The number of carboxylic acids is 1. The number of rotatable bonds is 8. The molecular weight excluding hydrogens is 206 g/mol. The zero-order chi connectivity index (χ0) is 12.6. The van der Waals surface area contributed by atoms with Crippen molar-refractivity contribution in [1.82, 2.24) is 5.32 Å². The van der Waals surface area contributed by atoms with E-state index in [9.17, 15) is 9.59 Å². The molecule has 2 N–H and O–H groups in total. The van der Waals surface area contributed by atoms with Gasteiger partial charge in [0.1, 0.15) is 6.04 Å². The van der Waals surface area contributed by atoms with Gasteiger partial charge < -0.3 is 10.4 Å². The lowest BCUT2D eigenvalue weighted by molar-refractivity contribution is -0.142. The summed E-state index contributed by atoms with van der Waals surface area (Å²) in [6, 6.07) is -0.730. The van der Waals surface area contributed by atoms with Crippen LogP contribution in [-0.4, -0.2) is 23.0 Å². The molecule has 0 saturated carbocycles. The lowest BCUT2D eigenvalue weighted by atomic mass is 10.1. The molecule has 94 valence electrons. The Hall–Kier alpha value is -1.06. The molecule has 0 aromatic carbocycles. The summed E-state index contributed by atoms with van der Waals surface area (Å²) in [4.78, 5) is 22.3. The Kier molecular flexibility index (Phi) is 7.60. The second-order valence-corrected chi connectivity index (χ2v) is 4.40. The Morgan fingerprint density at radius 3 is 2.25 bits per heavy atom. The van der Waals surface area contributed by atoms with Gasteiger partial charge in [-0.25, -0.2) is 4.79 Å². The van der Waals surface area contributed by atoms with Crippen LogP contribution in [0.5, 0.6) is 0 Å². The molecule has 0 aliphatic carbocycles. The smallest absolute Gasteiger partial charge is 0.326 e. The molecule has 0 fully saturated rings. The van der Waals surface area contributed by atoms with E-state index in [-0.39, 0.29) is 11.8 Å². The maximum absolute atomic E-state index is 11.4. The minimum absolute atomic E-state index is 0.169. The molecule has 0 aromatic heterocycles.